The number of piperidine rings is 1. The van der Waals surface area contributed by atoms with Gasteiger partial charge in [0.05, 0.1) is 6.42 Å². The van der Waals surface area contributed by atoms with Gasteiger partial charge in [-0.2, -0.15) is 18.2 Å². The Hall–Kier alpha value is -2.19. The first kappa shape index (κ1) is 17.6. The molecule has 3 rings (SSSR count). The average molecular weight is 355 g/mol. The van der Waals surface area contributed by atoms with Gasteiger partial charge in [0.2, 0.25) is 5.91 Å². The molecule has 0 radical (unpaired) electrons. The summed E-state index contributed by atoms with van der Waals surface area (Å²) in [6, 6.07) is 0. The van der Waals surface area contributed by atoms with E-state index in [2.05, 4.69) is 22.0 Å². The van der Waals surface area contributed by atoms with E-state index in [-0.39, 0.29) is 18.1 Å². The Bertz CT molecular complexity index is 814. The van der Waals surface area contributed by atoms with E-state index in [9.17, 15) is 18.0 Å². The molecular formula is C16H20F3N5O. The number of amides is 1. The predicted octanol–water partition coefficient (Wildman–Crippen LogP) is 2.56. The van der Waals surface area contributed by atoms with Gasteiger partial charge in [0.15, 0.2) is 0 Å². The van der Waals surface area contributed by atoms with Crippen molar-refractivity contribution in [1.82, 2.24) is 24.5 Å². The van der Waals surface area contributed by atoms with E-state index in [1.54, 1.807) is 13.8 Å². The summed E-state index contributed by atoms with van der Waals surface area (Å²) in [5, 5.41) is 3.51. The molecule has 1 saturated heterocycles. The van der Waals surface area contributed by atoms with Crippen molar-refractivity contribution >= 4 is 11.7 Å². The molecule has 9 heteroatoms. The molecule has 0 bridgehead atoms. The van der Waals surface area contributed by atoms with Gasteiger partial charge in [-0.3, -0.25) is 4.79 Å². The van der Waals surface area contributed by atoms with Crippen molar-refractivity contribution in [3.63, 3.8) is 0 Å². The summed E-state index contributed by atoms with van der Waals surface area (Å²) in [5.74, 6) is -0.902. The van der Waals surface area contributed by atoms with Crippen molar-refractivity contribution in [2.75, 3.05) is 13.1 Å². The summed E-state index contributed by atoms with van der Waals surface area (Å²) in [7, 11) is 0. The molecule has 1 fully saturated rings. The van der Waals surface area contributed by atoms with Crippen molar-refractivity contribution in [1.29, 1.82) is 0 Å². The normalized spacial score (nSPS) is 18.8. The molecule has 2 aromatic rings. The highest BCUT2D eigenvalue weighted by atomic mass is 19.4. The second kappa shape index (κ2) is 6.27. The van der Waals surface area contributed by atoms with Crippen LogP contribution in [0.25, 0.3) is 5.78 Å². The number of aryl methyl sites for hydroxylation is 2. The van der Waals surface area contributed by atoms with E-state index in [0.29, 0.717) is 29.4 Å². The number of aromatic nitrogens is 4. The fourth-order valence-corrected chi connectivity index (χ4v) is 3.26. The third-order valence-corrected chi connectivity index (χ3v) is 4.64. The number of nitrogens with zero attached hydrogens (tertiary/aromatic N) is 5. The fourth-order valence-electron chi connectivity index (χ4n) is 3.26. The molecule has 0 aliphatic carbocycles. The van der Waals surface area contributed by atoms with Crippen molar-refractivity contribution in [2.45, 2.75) is 46.2 Å². The third kappa shape index (κ3) is 3.45. The minimum absolute atomic E-state index is 0.0324. The molecule has 1 atom stereocenters. The maximum Gasteiger partial charge on any atom is 0.453 e. The van der Waals surface area contributed by atoms with Crippen molar-refractivity contribution in [3.05, 3.63) is 22.8 Å². The van der Waals surface area contributed by atoms with E-state index < -0.39 is 12.0 Å². The number of carbonyl (C=O) groups is 1. The second-order valence-corrected chi connectivity index (χ2v) is 6.67. The Morgan fingerprint density at radius 3 is 2.64 bits per heavy atom. The molecule has 1 aliphatic heterocycles. The minimum atomic E-state index is -4.63. The third-order valence-electron chi connectivity index (χ3n) is 4.64. The molecule has 2 aromatic heterocycles. The first-order valence-corrected chi connectivity index (χ1v) is 8.24. The van der Waals surface area contributed by atoms with Crippen LogP contribution in [-0.4, -0.2) is 43.5 Å². The largest absolute Gasteiger partial charge is 0.453 e. The summed E-state index contributed by atoms with van der Waals surface area (Å²) in [6.07, 6.45) is -2.45. The second-order valence-electron chi connectivity index (χ2n) is 6.67. The number of halogens is 3. The highest BCUT2D eigenvalue weighted by Gasteiger charge is 2.37. The molecule has 25 heavy (non-hydrogen) atoms. The van der Waals surface area contributed by atoms with Crippen LogP contribution >= 0.6 is 0 Å². The number of hydrogen-bond acceptors (Lipinski definition) is 4. The Balaban J connectivity index is 1.92. The number of rotatable bonds is 2. The lowest BCUT2D eigenvalue weighted by molar-refractivity contribution is -0.144. The summed E-state index contributed by atoms with van der Waals surface area (Å²) in [5.41, 5.74) is 1.57. The van der Waals surface area contributed by atoms with Crippen LogP contribution in [0.5, 0.6) is 0 Å². The molecule has 0 spiro atoms. The van der Waals surface area contributed by atoms with Crippen LogP contribution in [0, 0.1) is 19.8 Å². The Morgan fingerprint density at radius 2 is 2.00 bits per heavy atom. The fraction of sp³-hybridized carbons (Fsp3) is 0.625. The minimum Gasteiger partial charge on any atom is -0.342 e. The van der Waals surface area contributed by atoms with Crippen LogP contribution in [0.3, 0.4) is 0 Å². The Morgan fingerprint density at radius 1 is 1.28 bits per heavy atom. The van der Waals surface area contributed by atoms with Crippen molar-refractivity contribution in [3.8, 4) is 0 Å². The number of fused-ring (bicyclic) bond motifs is 1. The van der Waals surface area contributed by atoms with E-state index in [4.69, 9.17) is 0 Å². The Labute approximate surface area is 143 Å². The van der Waals surface area contributed by atoms with Crippen LogP contribution in [0.1, 0.15) is 42.5 Å². The van der Waals surface area contributed by atoms with Gasteiger partial charge in [-0.15, -0.1) is 5.10 Å². The molecule has 1 amide bonds. The van der Waals surface area contributed by atoms with Crippen LogP contribution in [-0.2, 0) is 17.4 Å². The molecule has 0 saturated carbocycles. The highest BCUT2D eigenvalue weighted by molar-refractivity contribution is 5.79. The lowest BCUT2D eigenvalue weighted by atomic mass is 9.99. The molecule has 1 aliphatic rings. The maximum absolute atomic E-state index is 12.8. The zero-order chi connectivity index (χ0) is 18.4. The molecule has 0 N–H and O–H groups in total. The van der Waals surface area contributed by atoms with E-state index in [1.165, 1.54) is 0 Å². The molecule has 136 valence electrons. The lowest BCUT2D eigenvalue weighted by Crippen LogP contribution is -2.40. The number of likely N-dealkylation sites (tertiary alicyclic amines) is 1. The van der Waals surface area contributed by atoms with Gasteiger partial charge >= 0.3 is 6.18 Å². The van der Waals surface area contributed by atoms with Gasteiger partial charge in [0, 0.05) is 30.0 Å². The van der Waals surface area contributed by atoms with Crippen LogP contribution < -0.4 is 0 Å². The van der Waals surface area contributed by atoms with Crippen LogP contribution in [0.15, 0.2) is 0 Å². The first-order chi connectivity index (χ1) is 11.7. The molecule has 0 aromatic carbocycles. The molecule has 1 unspecified atom stereocenters. The molecule has 3 heterocycles. The molecule has 6 nitrogen and oxygen atoms in total. The van der Waals surface area contributed by atoms with Crippen molar-refractivity contribution < 1.29 is 18.0 Å². The molecular weight excluding hydrogens is 335 g/mol. The van der Waals surface area contributed by atoms with Gasteiger partial charge in [-0.05, 0) is 32.6 Å². The zero-order valence-corrected chi connectivity index (χ0v) is 14.4. The Kier molecular flexibility index (Phi) is 4.42. The van der Waals surface area contributed by atoms with E-state index >= 15 is 0 Å². The first-order valence-electron chi connectivity index (χ1n) is 8.24. The number of carbonyl (C=O) groups excluding carboxylic acids is 1. The van der Waals surface area contributed by atoms with E-state index in [1.807, 2.05) is 4.90 Å². The number of hydrogen-bond donors (Lipinski definition) is 0. The van der Waals surface area contributed by atoms with E-state index in [0.717, 1.165) is 23.9 Å². The summed E-state index contributed by atoms with van der Waals surface area (Å²) in [4.78, 5) is 22.0. The number of alkyl halides is 3. The van der Waals surface area contributed by atoms with Gasteiger partial charge in [0.25, 0.3) is 11.6 Å². The maximum atomic E-state index is 12.8. The predicted molar refractivity (Wildman–Crippen MR) is 83.9 cm³/mol. The van der Waals surface area contributed by atoms with Gasteiger partial charge in [0.1, 0.15) is 0 Å². The SMILES string of the molecule is Cc1nc2nc(C(F)(F)F)nn2c(C)c1CC(=O)N1CCCC(C)C1. The van der Waals surface area contributed by atoms with Gasteiger partial charge in [-0.1, -0.05) is 6.92 Å². The topological polar surface area (TPSA) is 63.4 Å². The smallest absolute Gasteiger partial charge is 0.342 e. The van der Waals surface area contributed by atoms with Gasteiger partial charge < -0.3 is 4.90 Å². The highest BCUT2D eigenvalue weighted by Crippen LogP contribution is 2.27. The summed E-state index contributed by atoms with van der Waals surface area (Å²) in [6.45, 7) is 6.86. The lowest BCUT2D eigenvalue weighted by Gasteiger charge is -2.31. The van der Waals surface area contributed by atoms with Crippen molar-refractivity contribution in [2.24, 2.45) is 5.92 Å². The summed E-state index contributed by atoms with van der Waals surface area (Å²) < 4.78 is 39.5. The quantitative estimate of drug-likeness (QED) is 0.831. The van der Waals surface area contributed by atoms with Gasteiger partial charge in [-0.25, -0.2) is 9.50 Å². The van der Waals surface area contributed by atoms with Crippen LogP contribution in [0.4, 0.5) is 13.2 Å². The summed E-state index contributed by atoms with van der Waals surface area (Å²) >= 11 is 0. The zero-order valence-electron chi connectivity index (χ0n) is 14.4. The van der Waals surface area contributed by atoms with Crippen LogP contribution in [0.2, 0.25) is 0 Å². The standard InChI is InChI=1S/C16H20F3N5O/c1-9-5-4-6-23(8-9)13(25)7-12-10(2)20-15-21-14(16(17,18)19)22-24(15)11(12)3/h9H,4-8H2,1-3H3. The monoisotopic (exact) mass is 355 g/mol. The average Bonchev–Trinajstić information content (AvgIpc) is 2.95.